The van der Waals surface area contributed by atoms with E-state index in [4.69, 9.17) is 18.9 Å². The Balaban J connectivity index is 1.80. The minimum atomic E-state index is -1.78. The van der Waals surface area contributed by atoms with Crippen molar-refractivity contribution >= 4 is 5.91 Å². The van der Waals surface area contributed by atoms with Gasteiger partial charge < -0.3 is 65.1 Å². The van der Waals surface area contributed by atoms with E-state index in [9.17, 15) is 45.6 Å². The van der Waals surface area contributed by atoms with Gasteiger partial charge in [0.05, 0.1) is 32.0 Å². The van der Waals surface area contributed by atoms with E-state index in [1.54, 1.807) is 6.08 Å². The average Bonchev–Trinajstić information content (AvgIpc) is 3.34. The van der Waals surface area contributed by atoms with Crippen molar-refractivity contribution in [1.82, 2.24) is 5.32 Å². The van der Waals surface area contributed by atoms with Crippen molar-refractivity contribution in [3.63, 3.8) is 0 Å². The molecule has 12 unspecified atom stereocenters. The number of carbonyl (C=O) groups excluding carboxylic acids is 1. The van der Waals surface area contributed by atoms with Gasteiger partial charge in [0.2, 0.25) is 5.91 Å². The Bertz CT molecular complexity index is 1200. The molecule has 2 aliphatic heterocycles. The highest BCUT2D eigenvalue weighted by Gasteiger charge is 2.51. The fourth-order valence-electron chi connectivity index (χ4n) is 9.41. The molecule has 0 aliphatic carbocycles. The molecule has 14 nitrogen and oxygen atoms in total. The molecule has 0 aromatic heterocycles. The molecule has 1 amide bonds. The molecule has 0 radical (unpaired) electrons. The minimum absolute atomic E-state index is 0.235. The zero-order chi connectivity index (χ0) is 49.6. The summed E-state index contributed by atoms with van der Waals surface area (Å²) in [5.74, 6) is -0.235. The quantitative estimate of drug-likeness (QED) is 0.0207. The molecule has 0 aromatic rings. The number of unbranched alkanes of at least 4 members (excludes halogenated alkanes) is 31. The standard InChI is InChI=1S/C54H103NO13/c1-3-5-7-9-11-13-15-17-19-21-22-24-26-28-30-32-34-36-38-46(59)55-42(43(58)37-35-33-31-29-27-25-23-20-18-16-14-12-10-8-6-4-2)41-65-53-51(64)49(62)52(45(40-57)67-53)68-54-50(63)48(61)47(60)44(39-56)66-54/h35,37,42-45,47-54,56-58,60-64H,3-34,36,38-41H2,1-2H3,(H,55,59)/b37-35+. The Hall–Kier alpha value is -1.27. The molecule has 68 heavy (non-hydrogen) atoms. The van der Waals surface area contributed by atoms with E-state index in [-0.39, 0.29) is 18.9 Å². The number of allylic oxidation sites excluding steroid dienone is 1. The monoisotopic (exact) mass is 974 g/mol. The first-order valence-electron chi connectivity index (χ1n) is 27.9. The second kappa shape index (κ2) is 41.2. The highest BCUT2D eigenvalue weighted by Crippen LogP contribution is 2.30. The normalized spacial score (nSPS) is 26.4. The van der Waals surface area contributed by atoms with Crippen molar-refractivity contribution in [3.05, 3.63) is 12.2 Å². The molecule has 12 atom stereocenters. The summed E-state index contributed by atoms with van der Waals surface area (Å²) < 4.78 is 22.7. The van der Waals surface area contributed by atoms with Crippen LogP contribution < -0.4 is 5.32 Å². The lowest BCUT2D eigenvalue weighted by atomic mass is 9.97. The van der Waals surface area contributed by atoms with Gasteiger partial charge in [-0.3, -0.25) is 4.79 Å². The molecule has 0 saturated carbocycles. The van der Waals surface area contributed by atoms with Crippen LogP contribution in [0.3, 0.4) is 0 Å². The summed E-state index contributed by atoms with van der Waals surface area (Å²) in [6, 6.07) is -0.908. The van der Waals surface area contributed by atoms with Crippen LogP contribution in [0.25, 0.3) is 0 Å². The number of nitrogens with one attached hydrogen (secondary N) is 1. The highest BCUT2D eigenvalue weighted by molar-refractivity contribution is 5.76. The molecule has 2 saturated heterocycles. The second-order valence-corrected chi connectivity index (χ2v) is 20.1. The van der Waals surface area contributed by atoms with Gasteiger partial charge in [-0.15, -0.1) is 0 Å². The fourth-order valence-corrected chi connectivity index (χ4v) is 9.41. The van der Waals surface area contributed by atoms with E-state index in [2.05, 4.69) is 19.2 Å². The summed E-state index contributed by atoms with van der Waals surface area (Å²) in [5.41, 5.74) is 0. The number of ether oxygens (including phenoxy) is 4. The number of amides is 1. The van der Waals surface area contributed by atoms with Crippen LogP contribution in [0.1, 0.15) is 232 Å². The van der Waals surface area contributed by atoms with Crippen LogP contribution in [-0.4, -0.2) is 140 Å². The van der Waals surface area contributed by atoms with Crippen molar-refractivity contribution < 1.29 is 64.6 Å². The van der Waals surface area contributed by atoms with E-state index in [0.717, 1.165) is 38.5 Å². The second-order valence-electron chi connectivity index (χ2n) is 20.1. The Morgan fingerprint density at radius 1 is 0.515 bits per heavy atom. The maximum atomic E-state index is 13.2. The number of carbonyl (C=O) groups is 1. The van der Waals surface area contributed by atoms with Gasteiger partial charge in [-0.2, -0.15) is 0 Å². The molecule has 14 heteroatoms. The summed E-state index contributed by atoms with van der Waals surface area (Å²) in [4.78, 5) is 13.2. The molecule has 0 bridgehead atoms. The molecule has 2 heterocycles. The Labute approximate surface area is 412 Å². The predicted octanol–water partition coefficient (Wildman–Crippen LogP) is 8.33. The van der Waals surface area contributed by atoms with Crippen LogP contribution in [0.4, 0.5) is 0 Å². The number of hydrogen-bond acceptors (Lipinski definition) is 13. The van der Waals surface area contributed by atoms with E-state index in [1.807, 2.05) is 6.08 Å². The van der Waals surface area contributed by atoms with Gasteiger partial charge in [0.25, 0.3) is 0 Å². The zero-order valence-corrected chi connectivity index (χ0v) is 42.9. The molecule has 402 valence electrons. The van der Waals surface area contributed by atoms with Crippen LogP contribution >= 0.6 is 0 Å². The van der Waals surface area contributed by atoms with Crippen molar-refractivity contribution in [2.24, 2.45) is 0 Å². The summed E-state index contributed by atoms with van der Waals surface area (Å²) in [5, 5.41) is 86.9. The third-order valence-electron chi connectivity index (χ3n) is 14.0. The molecule has 9 N–H and O–H groups in total. The predicted molar refractivity (Wildman–Crippen MR) is 268 cm³/mol. The van der Waals surface area contributed by atoms with Crippen molar-refractivity contribution in [2.75, 3.05) is 19.8 Å². The first-order chi connectivity index (χ1) is 33.1. The lowest BCUT2D eigenvalue weighted by molar-refractivity contribution is -0.359. The zero-order valence-electron chi connectivity index (χ0n) is 42.9. The lowest BCUT2D eigenvalue weighted by Crippen LogP contribution is -2.65. The van der Waals surface area contributed by atoms with Gasteiger partial charge in [-0.05, 0) is 19.3 Å². The van der Waals surface area contributed by atoms with E-state index >= 15 is 0 Å². The number of rotatable bonds is 44. The van der Waals surface area contributed by atoms with E-state index in [1.165, 1.54) is 167 Å². The Morgan fingerprint density at radius 3 is 1.35 bits per heavy atom. The maximum absolute atomic E-state index is 13.2. The number of hydrogen-bond donors (Lipinski definition) is 9. The van der Waals surface area contributed by atoms with Crippen LogP contribution in [0.5, 0.6) is 0 Å². The fraction of sp³-hybridized carbons (Fsp3) is 0.944. The molecular formula is C54H103NO13. The Kier molecular flexibility index (Phi) is 38.1. The molecule has 0 spiro atoms. The third-order valence-corrected chi connectivity index (χ3v) is 14.0. The largest absolute Gasteiger partial charge is 0.394 e. The van der Waals surface area contributed by atoms with Crippen LogP contribution in [0, 0.1) is 0 Å². The molecule has 2 aliphatic rings. The summed E-state index contributed by atoms with van der Waals surface area (Å²) in [6.45, 7) is 2.81. The molecule has 2 rings (SSSR count). The van der Waals surface area contributed by atoms with Gasteiger partial charge in [-0.1, -0.05) is 219 Å². The topological polar surface area (TPSA) is 228 Å². The molecular weight excluding hydrogens is 871 g/mol. The van der Waals surface area contributed by atoms with Crippen molar-refractivity contribution in [2.45, 2.75) is 306 Å². The third kappa shape index (κ3) is 27.5. The minimum Gasteiger partial charge on any atom is -0.394 e. The SMILES string of the molecule is CCCCCCCCCCCCCCCC/C=C/C(O)C(COC1OC(CO)C(OC2OC(CO)C(O)C(O)C2O)C(O)C1O)NC(=O)CCCCCCCCCCCCCCCCCCCC. The smallest absolute Gasteiger partial charge is 0.220 e. The van der Waals surface area contributed by atoms with E-state index in [0.29, 0.717) is 6.42 Å². The number of aliphatic hydroxyl groups excluding tert-OH is 8. The number of aliphatic hydroxyl groups is 8. The Morgan fingerprint density at radius 2 is 0.912 bits per heavy atom. The molecule has 0 aromatic carbocycles. The lowest BCUT2D eigenvalue weighted by Gasteiger charge is -2.46. The van der Waals surface area contributed by atoms with Crippen molar-refractivity contribution in [1.29, 1.82) is 0 Å². The van der Waals surface area contributed by atoms with Crippen LogP contribution in [0.2, 0.25) is 0 Å². The van der Waals surface area contributed by atoms with Crippen LogP contribution in [0.15, 0.2) is 12.2 Å². The highest BCUT2D eigenvalue weighted by atomic mass is 16.7. The molecule has 2 fully saturated rings. The van der Waals surface area contributed by atoms with Gasteiger partial charge in [0, 0.05) is 6.42 Å². The van der Waals surface area contributed by atoms with Gasteiger partial charge in [-0.25, -0.2) is 0 Å². The van der Waals surface area contributed by atoms with E-state index < -0.39 is 86.8 Å². The summed E-state index contributed by atoms with van der Waals surface area (Å²) in [7, 11) is 0. The van der Waals surface area contributed by atoms with Crippen molar-refractivity contribution in [3.8, 4) is 0 Å². The van der Waals surface area contributed by atoms with Gasteiger partial charge in [0.15, 0.2) is 12.6 Å². The summed E-state index contributed by atoms with van der Waals surface area (Å²) >= 11 is 0. The first kappa shape index (κ1) is 62.8. The average molecular weight is 974 g/mol. The summed E-state index contributed by atoms with van der Waals surface area (Å²) in [6.07, 6.45) is 28.1. The first-order valence-corrected chi connectivity index (χ1v) is 27.9. The van der Waals surface area contributed by atoms with Crippen LogP contribution in [-0.2, 0) is 23.7 Å². The van der Waals surface area contributed by atoms with Gasteiger partial charge in [0.1, 0.15) is 48.8 Å². The maximum Gasteiger partial charge on any atom is 0.220 e. The van der Waals surface area contributed by atoms with Gasteiger partial charge >= 0.3 is 0 Å².